The van der Waals surface area contributed by atoms with Gasteiger partial charge in [0.2, 0.25) is 0 Å². The molecule has 0 amide bonds. The average molecular weight is 471 g/mol. The van der Waals surface area contributed by atoms with Gasteiger partial charge in [-0.15, -0.1) is 0 Å². The van der Waals surface area contributed by atoms with E-state index in [0.29, 0.717) is 11.1 Å². The molecule has 2 bridgehead atoms. The Morgan fingerprint density at radius 3 is 2.28 bits per heavy atom. The molecule has 5 rings (SSSR count). The molecule has 0 N–H and O–H groups in total. The molecule has 4 heteroatoms. The summed E-state index contributed by atoms with van der Waals surface area (Å²) >= 11 is 0. The molecule has 0 aromatic heterocycles. The molecule has 3 nitrogen and oxygen atoms in total. The standard InChI is InChI=1S/C23H29NO2.C5H5.Fe/c1-24(2)14-19-10-11-20(16-6-8-17(9-7-16)23(25)26-3)22(19)21-13-15-4-5-18(21)12-15;1-2-4-5-3-1;/h6-11,15,18,21,25H,4-5,12-14H2,1-3H3;1-5H;/q;-1;+2/p-1. The molecule has 0 spiro atoms. The Kier molecular flexibility index (Phi) is 8.53. The van der Waals surface area contributed by atoms with Crippen LogP contribution >= 0.6 is 0 Å². The zero-order valence-electron chi connectivity index (χ0n) is 19.2. The van der Waals surface area contributed by atoms with E-state index in [1.54, 1.807) is 5.57 Å². The van der Waals surface area contributed by atoms with Crippen LogP contribution in [0.3, 0.4) is 0 Å². The predicted molar refractivity (Wildman–Crippen MR) is 125 cm³/mol. The number of allylic oxidation sites excluding steroid dienone is 2. The Morgan fingerprint density at radius 1 is 1.06 bits per heavy atom. The molecule has 2 aromatic rings. The predicted octanol–water partition coefficient (Wildman–Crippen LogP) is 3.18. The van der Waals surface area contributed by atoms with Gasteiger partial charge in [-0.1, -0.05) is 42.8 Å². The van der Waals surface area contributed by atoms with Gasteiger partial charge in [0.1, 0.15) is 0 Å². The van der Waals surface area contributed by atoms with Crippen molar-refractivity contribution in [2.24, 2.45) is 17.8 Å². The molecule has 0 heterocycles. The van der Waals surface area contributed by atoms with Crippen molar-refractivity contribution in [1.29, 1.82) is 0 Å². The Balaban J connectivity index is 0.000000427. The second-order valence-electron chi connectivity index (χ2n) is 9.24. The fourth-order valence-corrected chi connectivity index (χ4v) is 5.53. The SMILES string of the molecule is COC([O-])=c1ccc(=C2C=CC(CN(C)C)=C2C2CC3CCC2C3)cc1.[Fe+2].c1cc[cH-]c1. The molecule has 3 unspecified atom stereocenters. The Bertz CT molecular complexity index is 1020. The van der Waals surface area contributed by atoms with Crippen LogP contribution < -0.4 is 15.5 Å². The van der Waals surface area contributed by atoms with Crippen LogP contribution in [0.15, 0.2) is 77.9 Å². The largest absolute Gasteiger partial charge is 2.00 e. The maximum atomic E-state index is 11.7. The van der Waals surface area contributed by atoms with Crippen molar-refractivity contribution in [2.75, 3.05) is 27.7 Å². The molecule has 0 saturated heterocycles. The molecule has 2 saturated carbocycles. The van der Waals surface area contributed by atoms with Gasteiger partial charge in [-0.2, -0.15) is 18.2 Å². The van der Waals surface area contributed by atoms with Crippen molar-refractivity contribution >= 4 is 11.5 Å². The molecule has 3 aliphatic carbocycles. The number of methoxy groups -OCH3 is 1. The summed E-state index contributed by atoms with van der Waals surface area (Å²) in [5.41, 5.74) is 4.40. The second kappa shape index (κ2) is 11.1. The van der Waals surface area contributed by atoms with Gasteiger partial charge in [0.15, 0.2) is 0 Å². The summed E-state index contributed by atoms with van der Waals surface area (Å²) in [4.78, 5) is 2.26. The van der Waals surface area contributed by atoms with Crippen LogP contribution in [0.2, 0.25) is 0 Å². The maximum Gasteiger partial charge on any atom is 2.00 e. The summed E-state index contributed by atoms with van der Waals surface area (Å²) in [5.74, 6) is 2.22. The van der Waals surface area contributed by atoms with Crippen LogP contribution in [0, 0.1) is 17.8 Å². The fraction of sp³-hybridized carbons (Fsp3) is 0.393. The summed E-state index contributed by atoms with van der Waals surface area (Å²) in [6, 6.07) is 17.9. The number of rotatable bonds is 4. The van der Waals surface area contributed by atoms with Gasteiger partial charge >= 0.3 is 17.1 Å². The third kappa shape index (κ3) is 5.43. The van der Waals surface area contributed by atoms with Gasteiger partial charge in [0.05, 0.1) is 5.95 Å². The number of hydrogen-bond donors (Lipinski definition) is 0. The van der Waals surface area contributed by atoms with Gasteiger partial charge in [-0.25, -0.2) is 12.1 Å². The molecule has 2 fully saturated rings. The zero-order chi connectivity index (χ0) is 21.8. The minimum absolute atomic E-state index is 0. The molecule has 170 valence electrons. The third-order valence-corrected chi connectivity index (χ3v) is 6.86. The summed E-state index contributed by atoms with van der Waals surface area (Å²) < 4.78 is 4.82. The molecule has 0 radical (unpaired) electrons. The van der Waals surface area contributed by atoms with Crippen LogP contribution in [0.4, 0.5) is 0 Å². The van der Waals surface area contributed by atoms with Crippen LogP contribution in [0.5, 0.6) is 0 Å². The second-order valence-corrected chi connectivity index (χ2v) is 9.24. The molecule has 3 aliphatic rings. The van der Waals surface area contributed by atoms with Gasteiger partial charge in [-0.05, 0) is 85.4 Å². The minimum Gasteiger partial charge on any atom is -0.616 e. The van der Waals surface area contributed by atoms with Crippen molar-refractivity contribution in [1.82, 2.24) is 4.90 Å². The van der Waals surface area contributed by atoms with Crippen LogP contribution in [-0.2, 0) is 21.8 Å². The zero-order valence-corrected chi connectivity index (χ0v) is 20.3. The van der Waals surface area contributed by atoms with E-state index in [1.165, 1.54) is 49.2 Å². The number of ether oxygens (including phenoxy) is 1. The van der Waals surface area contributed by atoms with Gasteiger partial charge in [-0.3, -0.25) is 0 Å². The topological polar surface area (TPSA) is 35.5 Å². The van der Waals surface area contributed by atoms with Crippen molar-refractivity contribution in [3.05, 3.63) is 88.3 Å². The first-order chi connectivity index (χ1) is 15.1. The quantitative estimate of drug-likeness (QED) is 0.508. The first-order valence-corrected chi connectivity index (χ1v) is 11.4. The summed E-state index contributed by atoms with van der Waals surface area (Å²) in [6.07, 6.45) is 10.2. The van der Waals surface area contributed by atoms with Crippen molar-refractivity contribution in [2.45, 2.75) is 25.7 Å². The molecule has 2 aromatic carbocycles. The maximum absolute atomic E-state index is 11.7. The summed E-state index contributed by atoms with van der Waals surface area (Å²) in [5, 5.41) is 13.5. The third-order valence-electron chi connectivity index (χ3n) is 6.86. The first kappa shape index (κ1) is 24.5. The minimum atomic E-state index is -0.277. The monoisotopic (exact) mass is 471 g/mol. The van der Waals surface area contributed by atoms with E-state index >= 15 is 0 Å². The number of fused-ring (bicyclic) bond motifs is 2. The van der Waals surface area contributed by atoms with E-state index in [2.05, 4.69) is 43.3 Å². The average Bonchev–Trinajstić information content (AvgIpc) is 3.58. The van der Waals surface area contributed by atoms with Crippen LogP contribution in [0.1, 0.15) is 25.7 Å². The van der Waals surface area contributed by atoms with E-state index in [4.69, 9.17) is 4.74 Å². The number of nitrogens with zero attached hydrogens (tertiary/aromatic N) is 1. The van der Waals surface area contributed by atoms with Crippen molar-refractivity contribution < 1.29 is 26.9 Å². The molecule has 32 heavy (non-hydrogen) atoms. The number of hydrogen-bond acceptors (Lipinski definition) is 3. The van der Waals surface area contributed by atoms with E-state index in [1.807, 2.05) is 42.5 Å². The molecular formula is C28H33FeNO2. The summed E-state index contributed by atoms with van der Waals surface area (Å²) in [7, 11) is 5.71. The summed E-state index contributed by atoms with van der Waals surface area (Å²) in [6.45, 7) is 0.990. The Hall–Kier alpha value is -2.13. The van der Waals surface area contributed by atoms with Crippen molar-refractivity contribution in [3.63, 3.8) is 0 Å². The first-order valence-electron chi connectivity index (χ1n) is 11.4. The van der Waals surface area contributed by atoms with Crippen LogP contribution in [0.25, 0.3) is 11.5 Å². The smallest absolute Gasteiger partial charge is 0.616 e. The fourth-order valence-electron chi connectivity index (χ4n) is 5.53. The normalized spacial score (nSPS) is 23.2. The molecule has 3 atom stereocenters. The number of benzene rings is 1. The Morgan fingerprint density at radius 2 is 1.78 bits per heavy atom. The van der Waals surface area contributed by atoms with E-state index in [-0.39, 0.29) is 23.0 Å². The molecule has 0 aliphatic heterocycles. The van der Waals surface area contributed by atoms with Gasteiger partial charge < -0.3 is 14.7 Å². The van der Waals surface area contributed by atoms with Crippen molar-refractivity contribution in [3.8, 4) is 0 Å². The number of likely N-dealkylation sites (N-methyl/N-ethyl adjacent to an activating group) is 1. The van der Waals surface area contributed by atoms with Crippen LogP contribution in [-0.4, -0.2) is 32.6 Å². The van der Waals surface area contributed by atoms with Gasteiger partial charge in [0, 0.05) is 6.54 Å². The van der Waals surface area contributed by atoms with Gasteiger partial charge in [0.25, 0.3) is 0 Å². The van der Waals surface area contributed by atoms with E-state index < -0.39 is 0 Å². The Labute approximate surface area is 202 Å². The van der Waals surface area contributed by atoms with E-state index in [0.717, 1.165) is 18.4 Å². The molecular weight excluding hydrogens is 438 g/mol. The van der Waals surface area contributed by atoms with E-state index in [9.17, 15) is 5.11 Å².